The van der Waals surface area contributed by atoms with Gasteiger partial charge in [0, 0.05) is 58.6 Å². The number of carbonyl (C=O) groups is 2. The minimum atomic E-state index is -0.143. The van der Waals surface area contributed by atoms with Gasteiger partial charge in [0.05, 0.1) is 27.9 Å². The van der Waals surface area contributed by atoms with Crippen LogP contribution in [0, 0.1) is 0 Å². The van der Waals surface area contributed by atoms with Crippen LogP contribution in [0.2, 0.25) is 0 Å². The van der Waals surface area contributed by atoms with Gasteiger partial charge in [-0.25, -0.2) is 9.97 Å². The van der Waals surface area contributed by atoms with Crippen molar-refractivity contribution in [3.63, 3.8) is 0 Å². The van der Waals surface area contributed by atoms with E-state index in [1.807, 2.05) is 36.4 Å². The van der Waals surface area contributed by atoms with E-state index in [0.717, 1.165) is 66.9 Å². The molecule has 2 fully saturated rings. The van der Waals surface area contributed by atoms with Crippen LogP contribution < -0.4 is 25.2 Å². The Labute approximate surface area is 369 Å². The van der Waals surface area contributed by atoms with E-state index in [1.54, 1.807) is 54.0 Å². The molecule has 19 heteroatoms. The molecule has 8 rings (SSSR count). The van der Waals surface area contributed by atoms with Gasteiger partial charge in [0.1, 0.15) is 19.5 Å². The van der Waals surface area contributed by atoms with Gasteiger partial charge in [-0.05, 0) is 99.2 Å². The zero-order valence-electron chi connectivity index (χ0n) is 29.1. The summed E-state index contributed by atoms with van der Waals surface area (Å²) in [5.74, 6) is 0.707. The number of methoxy groups -OCH3 is 1. The van der Waals surface area contributed by atoms with E-state index >= 15 is 0 Å². The van der Waals surface area contributed by atoms with Crippen molar-refractivity contribution in [2.45, 2.75) is 38.5 Å². The van der Waals surface area contributed by atoms with Crippen LogP contribution in [-0.2, 0) is 21.1 Å². The van der Waals surface area contributed by atoms with Gasteiger partial charge in [0.2, 0.25) is 0 Å². The summed E-state index contributed by atoms with van der Waals surface area (Å²) in [7, 11) is 1.62. The van der Waals surface area contributed by atoms with Crippen molar-refractivity contribution < 1.29 is 40.5 Å². The van der Waals surface area contributed by atoms with Gasteiger partial charge in [-0.15, -0.1) is 69.9 Å². The average molecular weight is 1170 g/mol. The predicted octanol–water partition coefficient (Wildman–Crippen LogP) is 11.1. The topological polar surface area (TPSA) is 120 Å². The zero-order chi connectivity index (χ0) is 37.3. The maximum absolute atomic E-state index is 12.5. The number of phenols is 1. The second kappa shape index (κ2) is 20.9. The number of aromatic hydroxyl groups is 1. The van der Waals surface area contributed by atoms with Gasteiger partial charge in [-0.2, -0.15) is 0 Å². The molecule has 0 atom stereocenters. The maximum Gasteiger partial charge on any atom is 0.369 e. The van der Waals surface area contributed by atoms with Crippen LogP contribution in [0.15, 0.2) is 60.7 Å². The number of piperidine rings is 2. The van der Waals surface area contributed by atoms with E-state index in [0.29, 0.717) is 15.4 Å². The van der Waals surface area contributed by atoms with Crippen LogP contribution in [0.25, 0.3) is 19.1 Å². The van der Waals surface area contributed by atoms with Crippen molar-refractivity contribution in [3.8, 4) is 11.5 Å². The quantitative estimate of drug-likeness (QED) is 0.107. The Morgan fingerprint density at radius 1 is 0.685 bits per heavy atom. The van der Waals surface area contributed by atoms with Gasteiger partial charge in [-0.3, -0.25) is 9.59 Å². The maximum atomic E-state index is 12.5. The minimum Gasteiger partial charge on any atom is -0.508 e. The molecular weight excluding hydrogens is 1130 g/mol. The van der Waals surface area contributed by atoms with Crippen molar-refractivity contribution >= 4 is 148 Å². The summed E-state index contributed by atoms with van der Waals surface area (Å²) in [6.07, 6.45) is 7.55. The first-order valence-electron chi connectivity index (χ1n) is 16.9. The Hall–Kier alpha value is -2.05. The third-order valence-corrected chi connectivity index (χ3v) is 13.0. The third-order valence-electron chi connectivity index (χ3n) is 8.33. The van der Waals surface area contributed by atoms with E-state index < -0.39 is 0 Å². The second-order valence-corrected chi connectivity index (χ2v) is 23.1. The molecule has 2 aliphatic rings. The largest absolute Gasteiger partial charge is 0.508 e. The molecule has 2 saturated heterocycles. The molecule has 284 valence electrons. The number of amides is 2. The Balaban J connectivity index is 0.000000186. The summed E-state index contributed by atoms with van der Waals surface area (Å²) in [6.45, 7) is 4.33. The number of hydrogen-bond donors (Lipinski definition) is 3. The van der Waals surface area contributed by atoms with Crippen molar-refractivity contribution in [2.75, 3.05) is 53.7 Å². The monoisotopic (exact) mass is 1160 g/mol. The van der Waals surface area contributed by atoms with Crippen molar-refractivity contribution in [1.82, 2.24) is 9.97 Å². The number of ether oxygens (including phenoxy) is 1. The summed E-state index contributed by atoms with van der Waals surface area (Å²) < 4.78 is 7.60. The number of nitrogens with one attached hydrogen (secondary N) is 2. The minimum absolute atomic E-state index is 0. The summed E-state index contributed by atoms with van der Waals surface area (Å²) in [4.78, 5) is 40.3. The number of phenolic OH excluding ortho intramolecular Hbond substituents is 1. The number of halogens is 3. The van der Waals surface area contributed by atoms with Gasteiger partial charge >= 0.3 is 3.18 Å². The standard InChI is InChI=1S/C18H19N3O2S2.C17H17N3O2S2.BBr3.W/c1-23-13-7-5-12(6-8-13)19-16(22)15-11-14-17(24-15)25-18(20-14)21-9-3-2-4-10-21;21-12-6-4-11(5-7-12)18-15(22)14-10-13-16(23-14)24-17(19-13)20-8-2-1-3-9-20;2-1(3)4;/h5-8,11H,2-4,9-10H2,1H3,(H,19,22);4-7,10,21H,1-3,8-9H2,(H,18,22);;. The molecule has 0 radical (unpaired) electrons. The number of hydrogen-bond acceptors (Lipinski definition) is 12. The number of rotatable bonds is 7. The number of anilines is 4. The normalized spacial score (nSPS) is 13.9. The number of thiazole rings is 2. The third kappa shape index (κ3) is 12.0. The smallest absolute Gasteiger partial charge is 0.369 e. The van der Waals surface area contributed by atoms with Crippen molar-refractivity contribution in [3.05, 3.63) is 70.4 Å². The molecular formula is C35H36BBr3N6O4S4W. The average Bonchev–Trinajstić information content (AvgIpc) is 3.94. The van der Waals surface area contributed by atoms with Crippen LogP contribution in [0.3, 0.4) is 0 Å². The van der Waals surface area contributed by atoms with Crippen LogP contribution in [0.4, 0.5) is 21.6 Å². The Morgan fingerprint density at radius 2 is 1.07 bits per heavy atom. The molecule has 6 aromatic rings. The van der Waals surface area contributed by atoms with E-state index in [-0.39, 0.29) is 41.8 Å². The van der Waals surface area contributed by atoms with Gasteiger partial charge in [0.25, 0.3) is 11.8 Å². The van der Waals surface area contributed by atoms with Gasteiger partial charge < -0.3 is 30.3 Å². The molecule has 0 saturated carbocycles. The summed E-state index contributed by atoms with van der Waals surface area (Å²) >= 11 is 15.7. The molecule has 0 spiro atoms. The molecule has 0 aliphatic carbocycles. The molecule has 54 heavy (non-hydrogen) atoms. The molecule has 3 N–H and O–H groups in total. The number of carbonyl (C=O) groups excluding carboxylic acids is 2. The SMILES string of the molecule is BrB(Br)Br.COc1ccc(NC(=O)c2cc3nc(N4CCCCC4)sc3s2)cc1.O=C(Nc1ccc(O)cc1)c1cc2nc(N3CCCCC3)sc2s1.[W]. The van der Waals surface area contributed by atoms with Crippen molar-refractivity contribution in [2.24, 2.45) is 0 Å². The number of nitrogens with zero attached hydrogens (tertiary/aromatic N) is 4. The molecule has 10 nitrogen and oxygen atoms in total. The first kappa shape index (κ1) is 43.1. The second-order valence-electron chi connectivity index (χ2n) is 12.1. The van der Waals surface area contributed by atoms with Crippen LogP contribution >= 0.6 is 92.6 Å². The molecule has 4 aromatic heterocycles. The van der Waals surface area contributed by atoms with Crippen LogP contribution in [0.5, 0.6) is 11.5 Å². The first-order chi connectivity index (χ1) is 25.6. The number of benzene rings is 2. The number of aromatic nitrogens is 2. The molecule has 0 unspecified atom stereocenters. The van der Waals surface area contributed by atoms with Crippen LogP contribution in [-0.4, -0.2) is 63.4 Å². The zero-order valence-corrected chi connectivity index (χ0v) is 40.0. The fourth-order valence-electron chi connectivity index (χ4n) is 5.72. The predicted molar refractivity (Wildman–Crippen MR) is 237 cm³/mol. The van der Waals surface area contributed by atoms with E-state index in [4.69, 9.17) is 14.7 Å². The summed E-state index contributed by atoms with van der Waals surface area (Å²) in [5.41, 5.74) is 3.25. The van der Waals surface area contributed by atoms with Crippen molar-refractivity contribution in [1.29, 1.82) is 0 Å². The molecule has 0 bridgehead atoms. The Kier molecular flexibility index (Phi) is 16.7. The summed E-state index contributed by atoms with van der Waals surface area (Å²) in [5, 5.41) is 17.2. The van der Waals surface area contributed by atoms with Gasteiger partial charge in [0.15, 0.2) is 10.3 Å². The molecule has 2 aliphatic heterocycles. The molecule has 2 amide bonds. The fourth-order valence-corrected chi connectivity index (χ4v) is 10.1. The summed E-state index contributed by atoms with van der Waals surface area (Å²) in [6, 6.07) is 17.5. The molecule has 6 heterocycles. The van der Waals surface area contributed by atoms with E-state index in [1.165, 1.54) is 61.2 Å². The molecule has 2 aromatic carbocycles. The van der Waals surface area contributed by atoms with Crippen LogP contribution in [0.1, 0.15) is 57.9 Å². The Bertz CT molecular complexity index is 2050. The number of fused-ring (bicyclic) bond motifs is 2. The fraction of sp³-hybridized carbons (Fsp3) is 0.314. The number of thiophene rings is 2. The Morgan fingerprint density at radius 3 is 1.44 bits per heavy atom. The van der Waals surface area contributed by atoms with E-state index in [2.05, 4.69) is 67.7 Å². The van der Waals surface area contributed by atoms with Gasteiger partial charge in [-0.1, -0.05) is 22.7 Å². The van der Waals surface area contributed by atoms with E-state index in [9.17, 15) is 14.7 Å². The first-order valence-corrected chi connectivity index (χ1v) is 22.9.